The Morgan fingerprint density at radius 1 is 0.833 bits per heavy atom. The second kappa shape index (κ2) is 8.44. The third-order valence-electron chi connectivity index (χ3n) is 2.52. The van der Waals surface area contributed by atoms with Crippen molar-refractivity contribution < 1.29 is 9.59 Å². The molecular formula is C16H32O2. The minimum Gasteiger partial charge on any atom is -0.299 e. The third kappa shape index (κ3) is 10.5. The normalized spacial score (nSPS) is 11.6. The van der Waals surface area contributed by atoms with Gasteiger partial charge in [-0.2, -0.15) is 0 Å². The summed E-state index contributed by atoms with van der Waals surface area (Å²) in [6, 6.07) is 0. The van der Waals surface area contributed by atoms with Crippen molar-refractivity contribution in [2.75, 3.05) is 0 Å². The van der Waals surface area contributed by atoms with E-state index in [1.807, 2.05) is 48.5 Å². The second-order valence-electron chi connectivity index (χ2n) is 6.99. The number of hydrogen-bond acceptors (Lipinski definition) is 2. The average molecular weight is 256 g/mol. The van der Waals surface area contributed by atoms with Gasteiger partial charge < -0.3 is 0 Å². The summed E-state index contributed by atoms with van der Waals surface area (Å²) in [6.45, 7) is 17.8. The van der Waals surface area contributed by atoms with Crippen LogP contribution in [-0.4, -0.2) is 11.6 Å². The maximum atomic E-state index is 11.2. The maximum absolute atomic E-state index is 11.2. The van der Waals surface area contributed by atoms with E-state index >= 15 is 0 Å². The SMILES string of the molecule is CC(C)C(=O)C(C)(C)C.CC(C)CC(=O)C(C)C. The Bertz CT molecular complexity index is 255. The molecule has 0 N–H and O–H groups in total. The van der Waals surface area contributed by atoms with Crippen LogP contribution in [-0.2, 0) is 9.59 Å². The standard InChI is InChI=1S/2C8H16O/c1-6(2)7(9)8(3,4)5;1-6(2)5-8(9)7(3)4/h6H,1-5H3;6-7H,5H2,1-4H3. The van der Waals surface area contributed by atoms with Crippen LogP contribution in [0.2, 0.25) is 0 Å². The quantitative estimate of drug-likeness (QED) is 0.741. The number of Topliss-reactive ketones (excluding diaryl/α,β-unsaturated/α-hetero) is 2. The van der Waals surface area contributed by atoms with Crippen LogP contribution in [0.3, 0.4) is 0 Å². The zero-order valence-corrected chi connectivity index (χ0v) is 13.8. The molecule has 0 bridgehead atoms. The van der Waals surface area contributed by atoms with Crippen molar-refractivity contribution in [3.63, 3.8) is 0 Å². The molecule has 0 rings (SSSR count). The lowest BCUT2D eigenvalue weighted by Crippen LogP contribution is -2.24. The highest BCUT2D eigenvalue weighted by Crippen LogP contribution is 2.19. The molecule has 0 aromatic heterocycles. The predicted molar refractivity (Wildman–Crippen MR) is 78.6 cm³/mol. The fourth-order valence-corrected chi connectivity index (χ4v) is 1.50. The van der Waals surface area contributed by atoms with E-state index in [2.05, 4.69) is 13.8 Å². The molecule has 0 atom stereocenters. The molecule has 18 heavy (non-hydrogen) atoms. The van der Waals surface area contributed by atoms with Crippen LogP contribution in [0.5, 0.6) is 0 Å². The van der Waals surface area contributed by atoms with E-state index in [-0.39, 0.29) is 17.3 Å². The summed E-state index contributed by atoms with van der Waals surface area (Å²) in [6.07, 6.45) is 0.734. The van der Waals surface area contributed by atoms with E-state index in [0.717, 1.165) is 6.42 Å². The lowest BCUT2D eigenvalue weighted by atomic mass is 9.85. The number of carbonyl (C=O) groups is 2. The van der Waals surface area contributed by atoms with E-state index < -0.39 is 0 Å². The number of rotatable bonds is 4. The van der Waals surface area contributed by atoms with Crippen molar-refractivity contribution in [1.82, 2.24) is 0 Å². The lowest BCUT2D eigenvalue weighted by Gasteiger charge is -2.18. The average Bonchev–Trinajstić information content (AvgIpc) is 2.14. The maximum Gasteiger partial charge on any atom is 0.140 e. The summed E-state index contributed by atoms with van der Waals surface area (Å²) in [7, 11) is 0. The Morgan fingerprint density at radius 3 is 1.28 bits per heavy atom. The Labute approximate surface area is 114 Å². The summed E-state index contributed by atoms with van der Waals surface area (Å²) in [5.41, 5.74) is -0.159. The second-order valence-corrected chi connectivity index (χ2v) is 6.99. The summed E-state index contributed by atoms with van der Waals surface area (Å²) in [4.78, 5) is 22.1. The highest BCUT2D eigenvalue weighted by atomic mass is 16.1. The van der Waals surface area contributed by atoms with Crippen molar-refractivity contribution in [3.8, 4) is 0 Å². The summed E-state index contributed by atoms with van der Waals surface area (Å²) in [5, 5.41) is 0. The predicted octanol–water partition coefficient (Wildman–Crippen LogP) is 4.52. The van der Waals surface area contributed by atoms with Gasteiger partial charge >= 0.3 is 0 Å². The third-order valence-corrected chi connectivity index (χ3v) is 2.52. The van der Waals surface area contributed by atoms with E-state index in [4.69, 9.17) is 0 Å². The highest BCUT2D eigenvalue weighted by molar-refractivity contribution is 5.85. The first kappa shape index (κ1) is 19.7. The molecule has 0 aromatic rings. The van der Waals surface area contributed by atoms with E-state index in [9.17, 15) is 9.59 Å². The summed E-state index contributed by atoms with van der Waals surface area (Å²) in [5.74, 6) is 1.62. The first-order valence-electron chi connectivity index (χ1n) is 6.96. The Kier molecular flexibility index (Phi) is 9.23. The smallest absolute Gasteiger partial charge is 0.140 e. The van der Waals surface area contributed by atoms with Gasteiger partial charge in [0, 0.05) is 23.7 Å². The first-order valence-corrected chi connectivity index (χ1v) is 6.96. The molecule has 0 saturated heterocycles. The first-order chi connectivity index (χ1) is 7.89. The van der Waals surface area contributed by atoms with Crippen LogP contribution in [0.1, 0.15) is 68.7 Å². The molecule has 0 aliphatic heterocycles. The highest BCUT2D eigenvalue weighted by Gasteiger charge is 2.23. The molecule has 0 unspecified atom stereocenters. The van der Waals surface area contributed by atoms with Crippen molar-refractivity contribution in [2.45, 2.75) is 68.7 Å². The van der Waals surface area contributed by atoms with Crippen LogP contribution in [0.25, 0.3) is 0 Å². The molecule has 2 nitrogen and oxygen atoms in total. The molecule has 0 fully saturated rings. The Balaban J connectivity index is 0. The Hall–Kier alpha value is -0.660. The van der Waals surface area contributed by atoms with Crippen LogP contribution in [0, 0.1) is 23.2 Å². The van der Waals surface area contributed by atoms with Gasteiger partial charge in [-0.25, -0.2) is 0 Å². The van der Waals surface area contributed by atoms with Gasteiger partial charge in [-0.15, -0.1) is 0 Å². The van der Waals surface area contributed by atoms with Crippen LogP contribution in [0.4, 0.5) is 0 Å². The van der Waals surface area contributed by atoms with Crippen molar-refractivity contribution >= 4 is 11.6 Å². The zero-order valence-electron chi connectivity index (χ0n) is 13.8. The van der Waals surface area contributed by atoms with Crippen LogP contribution >= 0.6 is 0 Å². The fraction of sp³-hybridized carbons (Fsp3) is 0.875. The molecule has 0 radical (unpaired) electrons. The molecule has 0 saturated carbocycles. The van der Waals surface area contributed by atoms with Gasteiger partial charge in [0.15, 0.2) is 0 Å². The number of ketones is 2. The van der Waals surface area contributed by atoms with Gasteiger partial charge in [0.25, 0.3) is 0 Å². The minimum absolute atomic E-state index is 0.159. The monoisotopic (exact) mass is 256 g/mol. The van der Waals surface area contributed by atoms with E-state index in [0.29, 0.717) is 17.5 Å². The van der Waals surface area contributed by atoms with Crippen molar-refractivity contribution in [3.05, 3.63) is 0 Å². The van der Waals surface area contributed by atoms with Gasteiger partial charge in [0.1, 0.15) is 11.6 Å². The van der Waals surface area contributed by atoms with E-state index in [1.54, 1.807) is 0 Å². The summed E-state index contributed by atoms with van der Waals surface area (Å²) >= 11 is 0. The molecule has 0 aliphatic rings. The van der Waals surface area contributed by atoms with Crippen LogP contribution < -0.4 is 0 Å². The minimum atomic E-state index is -0.159. The van der Waals surface area contributed by atoms with Gasteiger partial charge in [-0.05, 0) is 5.92 Å². The molecule has 2 heteroatoms. The topological polar surface area (TPSA) is 34.1 Å². The van der Waals surface area contributed by atoms with Crippen molar-refractivity contribution in [2.24, 2.45) is 23.2 Å². The van der Waals surface area contributed by atoms with Gasteiger partial charge in [-0.1, -0.05) is 62.3 Å². The van der Waals surface area contributed by atoms with Gasteiger partial charge in [0.2, 0.25) is 0 Å². The zero-order chi connectivity index (χ0) is 15.1. The van der Waals surface area contributed by atoms with Crippen LogP contribution in [0.15, 0.2) is 0 Å². The molecule has 0 spiro atoms. The molecule has 108 valence electrons. The van der Waals surface area contributed by atoms with Gasteiger partial charge in [0.05, 0.1) is 0 Å². The summed E-state index contributed by atoms with van der Waals surface area (Å²) < 4.78 is 0. The fourth-order valence-electron chi connectivity index (χ4n) is 1.50. The largest absolute Gasteiger partial charge is 0.299 e. The molecule has 0 amide bonds. The van der Waals surface area contributed by atoms with E-state index in [1.165, 1.54) is 0 Å². The van der Waals surface area contributed by atoms with Gasteiger partial charge in [-0.3, -0.25) is 9.59 Å². The number of carbonyl (C=O) groups excluding carboxylic acids is 2. The molecule has 0 aliphatic carbocycles. The van der Waals surface area contributed by atoms with Crippen molar-refractivity contribution in [1.29, 1.82) is 0 Å². The Morgan fingerprint density at radius 2 is 1.22 bits per heavy atom. The lowest BCUT2D eigenvalue weighted by molar-refractivity contribution is -0.129. The number of hydrogen-bond donors (Lipinski definition) is 0. The molecular weight excluding hydrogens is 224 g/mol. The molecule has 0 heterocycles. The molecule has 0 aromatic carbocycles.